The largest absolute Gasteiger partial charge is 0.491 e. The van der Waals surface area contributed by atoms with Crippen molar-refractivity contribution >= 4 is 11.6 Å². The van der Waals surface area contributed by atoms with Crippen molar-refractivity contribution in [2.24, 2.45) is 0 Å². The third-order valence-electron chi connectivity index (χ3n) is 2.41. The maximum atomic E-state index is 11.7. The highest BCUT2D eigenvalue weighted by atomic mass is 16.5. The summed E-state index contributed by atoms with van der Waals surface area (Å²) in [5.41, 5.74) is 0.681. The molecule has 0 atom stereocenters. The van der Waals surface area contributed by atoms with Crippen LogP contribution in [0.25, 0.3) is 0 Å². The maximum absolute atomic E-state index is 11.7. The van der Waals surface area contributed by atoms with Crippen LogP contribution in [0, 0.1) is 0 Å². The van der Waals surface area contributed by atoms with Gasteiger partial charge in [-0.2, -0.15) is 0 Å². The fourth-order valence-corrected chi connectivity index (χ4v) is 1.48. The normalized spacial score (nSPS) is 10.2. The zero-order valence-electron chi connectivity index (χ0n) is 10.6. The van der Waals surface area contributed by atoms with Gasteiger partial charge in [0.25, 0.3) is 5.91 Å². The zero-order valence-corrected chi connectivity index (χ0v) is 10.6. The van der Waals surface area contributed by atoms with E-state index in [1.165, 1.54) is 6.26 Å². The van der Waals surface area contributed by atoms with Gasteiger partial charge in [0.2, 0.25) is 0 Å². The zero-order chi connectivity index (χ0) is 13.5. The standard InChI is InChI=1S/C14H15NO4/c1-17-9-10-18-12-6-4-11(5-7-12)15-14(16)13-3-2-8-19-13/h2-8H,9-10H2,1H3,(H,15,16). The predicted octanol–water partition coefficient (Wildman–Crippen LogP) is 2.56. The lowest BCUT2D eigenvalue weighted by atomic mass is 10.3. The minimum atomic E-state index is -0.280. The molecule has 0 aliphatic carbocycles. The SMILES string of the molecule is COCCOc1ccc(NC(=O)c2ccco2)cc1. The first-order chi connectivity index (χ1) is 9.29. The van der Waals surface area contributed by atoms with Crippen LogP contribution in [0.15, 0.2) is 47.1 Å². The van der Waals surface area contributed by atoms with Crippen LogP contribution in [0.2, 0.25) is 0 Å². The molecule has 1 aromatic carbocycles. The van der Waals surface area contributed by atoms with Gasteiger partial charge in [0.15, 0.2) is 5.76 Å². The molecule has 100 valence electrons. The summed E-state index contributed by atoms with van der Waals surface area (Å²) in [6.07, 6.45) is 1.46. The van der Waals surface area contributed by atoms with E-state index >= 15 is 0 Å². The molecule has 1 amide bonds. The van der Waals surface area contributed by atoms with Gasteiger partial charge in [-0.3, -0.25) is 4.79 Å². The van der Waals surface area contributed by atoms with Crippen molar-refractivity contribution in [3.05, 3.63) is 48.4 Å². The van der Waals surface area contributed by atoms with Crippen molar-refractivity contribution in [3.63, 3.8) is 0 Å². The molecule has 1 N–H and O–H groups in total. The van der Waals surface area contributed by atoms with Crippen molar-refractivity contribution in [1.82, 2.24) is 0 Å². The van der Waals surface area contributed by atoms with Crippen molar-refractivity contribution in [2.75, 3.05) is 25.6 Å². The molecule has 0 saturated carbocycles. The summed E-state index contributed by atoms with van der Waals surface area (Å²) in [6.45, 7) is 1.03. The summed E-state index contributed by atoms with van der Waals surface area (Å²) in [5, 5.41) is 2.73. The molecule has 1 aromatic heterocycles. The average Bonchev–Trinajstić information content (AvgIpc) is 2.95. The Morgan fingerprint density at radius 2 is 2.00 bits per heavy atom. The van der Waals surface area contributed by atoms with Gasteiger partial charge in [0.05, 0.1) is 12.9 Å². The Morgan fingerprint density at radius 3 is 2.63 bits per heavy atom. The lowest BCUT2D eigenvalue weighted by Crippen LogP contribution is -2.10. The van der Waals surface area contributed by atoms with E-state index in [1.54, 1.807) is 43.5 Å². The van der Waals surface area contributed by atoms with Crippen LogP contribution in [0.1, 0.15) is 10.6 Å². The first-order valence-electron chi connectivity index (χ1n) is 5.86. The summed E-state index contributed by atoms with van der Waals surface area (Å²) in [6, 6.07) is 10.4. The number of hydrogen-bond donors (Lipinski definition) is 1. The van der Waals surface area contributed by atoms with Crippen LogP contribution in [-0.4, -0.2) is 26.2 Å². The lowest BCUT2D eigenvalue weighted by molar-refractivity contribution is 0.0996. The molecule has 2 rings (SSSR count). The molecule has 0 unspecified atom stereocenters. The lowest BCUT2D eigenvalue weighted by Gasteiger charge is -2.07. The molecule has 5 heteroatoms. The summed E-state index contributed by atoms with van der Waals surface area (Å²) in [7, 11) is 1.62. The van der Waals surface area contributed by atoms with E-state index in [0.717, 1.165) is 5.75 Å². The predicted molar refractivity (Wildman–Crippen MR) is 70.5 cm³/mol. The molecule has 0 bridgehead atoms. The number of furan rings is 1. The van der Waals surface area contributed by atoms with Crippen LogP contribution >= 0.6 is 0 Å². The van der Waals surface area contributed by atoms with Gasteiger partial charge in [-0.05, 0) is 36.4 Å². The number of methoxy groups -OCH3 is 1. The van der Waals surface area contributed by atoms with E-state index < -0.39 is 0 Å². The number of hydrogen-bond acceptors (Lipinski definition) is 4. The van der Waals surface area contributed by atoms with Crippen LogP contribution in [0.5, 0.6) is 5.75 Å². The van der Waals surface area contributed by atoms with Gasteiger partial charge >= 0.3 is 0 Å². The van der Waals surface area contributed by atoms with Gasteiger partial charge < -0.3 is 19.2 Å². The summed E-state index contributed by atoms with van der Waals surface area (Å²) in [4.78, 5) is 11.7. The van der Waals surface area contributed by atoms with Crippen LogP contribution in [0.4, 0.5) is 5.69 Å². The molecular weight excluding hydrogens is 246 g/mol. The number of amides is 1. The molecule has 19 heavy (non-hydrogen) atoms. The van der Waals surface area contributed by atoms with E-state index in [9.17, 15) is 4.79 Å². The van der Waals surface area contributed by atoms with Gasteiger partial charge in [-0.15, -0.1) is 0 Å². The molecule has 2 aromatic rings. The minimum Gasteiger partial charge on any atom is -0.491 e. The van der Waals surface area contributed by atoms with Crippen molar-refractivity contribution < 1.29 is 18.7 Å². The first-order valence-corrected chi connectivity index (χ1v) is 5.86. The fraction of sp³-hybridized carbons (Fsp3) is 0.214. The number of nitrogens with one attached hydrogen (secondary N) is 1. The summed E-state index contributed by atoms with van der Waals surface area (Å²) >= 11 is 0. The molecule has 0 radical (unpaired) electrons. The van der Waals surface area contributed by atoms with Crippen molar-refractivity contribution in [1.29, 1.82) is 0 Å². The number of ether oxygens (including phenoxy) is 2. The second-order valence-corrected chi connectivity index (χ2v) is 3.80. The van der Waals surface area contributed by atoms with Gasteiger partial charge in [-0.25, -0.2) is 0 Å². The summed E-state index contributed by atoms with van der Waals surface area (Å²) in [5.74, 6) is 0.728. The molecule has 0 aliphatic heterocycles. The van der Waals surface area contributed by atoms with Crippen LogP contribution < -0.4 is 10.1 Å². The number of benzene rings is 1. The average molecular weight is 261 g/mol. The van der Waals surface area contributed by atoms with E-state index in [4.69, 9.17) is 13.9 Å². The Balaban J connectivity index is 1.90. The van der Waals surface area contributed by atoms with E-state index in [0.29, 0.717) is 18.9 Å². The summed E-state index contributed by atoms with van der Waals surface area (Å²) < 4.78 is 15.3. The van der Waals surface area contributed by atoms with Crippen LogP contribution in [0.3, 0.4) is 0 Å². The third-order valence-corrected chi connectivity index (χ3v) is 2.41. The Bertz CT molecular complexity index is 505. The Morgan fingerprint density at radius 1 is 1.21 bits per heavy atom. The van der Waals surface area contributed by atoms with E-state index in [1.807, 2.05) is 0 Å². The highest BCUT2D eigenvalue weighted by Gasteiger charge is 2.08. The minimum absolute atomic E-state index is 0.278. The van der Waals surface area contributed by atoms with Crippen molar-refractivity contribution in [3.8, 4) is 5.75 Å². The molecule has 1 heterocycles. The number of rotatable bonds is 6. The van der Waals surface area contributed by atoms with Gasteiger partial charge in [-0.1, -0.05) is 0 Å². The highest BCUT2D eigenvalue weighted by molar-refractivity contribution is 6.02. The fourth-order valence-electron chi connectivity index (χ4n) is 1.48. The third kappa shape index (κ3) is 3.86. The molecule has 0 aliphatic rings. The molecular formula is C14H15NO4. The van der Waals surface area contributed by atoms with Crippen molar-refractivity contribution in [2.45, 2.75) is 0 Å². The topological polar surface area (TPSA) is 60.7 Å². The molecule has 5 nitrogen and oxygen atoms in total. The van der Waals surface area contributed by atoms with Gasteiger partial charge in [0, 0.05) is 12.8 Å². The maximum Gasteiger partial charge on any atom is 0.291 e. The van der Waals surface area contributed by atoms with E-state index in [-0.39, 0.29) is 11.7 Å². The molecule has 0 saturated heterocycles. The molecule has 0 fully saturated rings. The number of carbonyl (C=O) groups is 1. The quantitative estimate of drug-likeness (QED) is 0.812. The van der Waals surface area contributed by atoms with Crippen LogP contribution in [-0.2, 0) is 4.74 Å². The Labute approximate surface area is 111 Å². The molecule has 0 spiro atoms. The second kappa shape index (κ2) is 6.61. The second-order valence-electron chi connectivity index (χ2n) is 3.80. The van der Waals surface area contributed by atoms with Gasteiger partial charge in [0.1, 0.15) is 12.4 Å². The smallest absolute Gasteiger partial charge is 0.291 e. The first kappa shape index (κ1) is 13.2. The highest BCUT2D eigenvalue weighted by Crippen LogP contribution is 2.16. The van der Waals surface area contributed by atoms with E-state index in [2.05, 4.69) is 5.32 Å². The monoisotopic (exact) mass is 261 g/mol. The Hall–Kier alpha value is -2.27. The Kier molecular flexibility index (Phi) is 4.58. The number of carbonyl (C=O) groups excluding carboxylic acids is 1. The number of anilines is 1.